The highest BCUT2D eigenvalue weighted by Gasteiger charge is 2.19. The zero-order valence-electron chi connectivity index (χ0n) is 19.2. The van der Waals surface area contributed by atoms with Gasteiger partial charge in [-0.2, -0.15) is 5.10 Å². The molecular weight excluding hydrogens is 469 g/mol. The van der Waals surface area contributed by atoms with Crippen LogP contribution < -0.4 is 10.1 Å². The van der Waals surface area contributed by atoms with E-state index in [-0.39, 0.29) is 5.91 Å². The quantitative estimate of drug-likeness (QED) is 0.322. The molecule has 34 heavy (non-hydrogen) atoms. The highest BCUT2D eigenvalue weighted by atomic mass is 35.5. The van der Waals surface area contributed by atoms with E-state index in [9.17, 15) is 4.79 Å². The summed E-state index contributed by atoms with van der Waals surface area (Å²) in [5.74, 6) is 0.550. The highest BCUT2D eigenvalue weighted by molar-refractivity contribution is 6.35. The minimum Gasteiger partial charge on any atom is -0.497 e. The minimum absolute atomic E-state index is 0.211. The molecule has 1 aromatic heterocycles. The van der Waals surface area contributed by atoms with Crippen LogP contribution in [0.1, 0.15) is 27.2 Å². The molecule has 4 rings (SSSR count). The van der Waals surface area contributed by atoms with E-state index in [1.54, 1.807) is 23.9 Å². The van der Waals surface area contributed by atoms with Crippen molar-refractivity contribution in [3.63, 3.8) is 0 Å². The lowest BCUT2D eigenvalue weighted by molar-refractivity contribution is 0.0946. The summed E-state index contributed by atoms with van der Waals surface area (Å²) in [6.07, 6.45) is 0.588. The Morgan fingerprint density at radius 1 is 1.00 bits per heavy atom. The van der Waals surface area contributed by atoms with Crippen molar-refractivity contribution in [2.75, 3.05) is 13.7 Å². The molecule has 1 N–H and O–H groups in total. The van der Waals surface area contributed by atoms with Crippen molar-refractivity contribution in [3.8, 4) is 22.7 Å². The van der Waals surface area contributed by atoms with E-state index < -0.39 is 0 Å². The van der Waals surface area contributed by atoms with Gasteiger partial charge in [0.1, 0.15) is 11.4 Å². The lowest BCUT2D eigenvalue weighted by Crippen LogP contribution is -2.28. The number of nitrogens with zero attached hydrogens (tertiary/aromatic N) is 2. The average molecular weight is 494 g/mol. The molecule has 0 bridgehead atoms. The zero-order valence-corrected chi connectivity index (χ0v) is 20.7. The van der Waals surface area contributed by atoms with Crippen LogP contribution in [0.3, 0.4) is 0 Å². The summed E-state index contributed by atoms with van der Waals surface area (Å²) in [5.41, 5.74) is 6.02. The maximum absolute atomic E-state index is 13.2. The molecule has 0 aliphatic heterocycles. The third-order valence-electron chi connectivity index (χ3n) is 5.60. The monoisotopic (exact) mass is 493 g/mol. The van der Waals surface area contributed by atoms with Crippen molar-refractivity contribution in [2.24, 2.45) is 0 Å². The molecule has 0 radical (unpaired) electrons. The fraction of sp³-hybridized carbons (Fsp3) is 0.185. The molecule has 174 valence electrons. The topological polar surface area (TPSA) is 56.1 Å². The molecule has 0 aliphatic rings. The first-order valence-corrected chi connectivity index (χ1v) is 11.7. The van der Waals surface area contributed by atoms with Gasteiger partial charge in [-0.3, -0.25) is 4.79 Å². The Balaban J connectivity index is 1.63. The first kappa shape index (κ1) is 23.9. The van der Waals surface area contributed by atoms with Gasteiger partial charge < -0.3 is 10.1 Å². The number of halogens is 2. The molecule has 0 saturated heterocycles. The largest absolute Gasteiger partial charge is 0.497 e. The van der Waals surface area contributed by atoms with Gasteiger partial charge in [-0.1, -0.05) is 47.0 Å². The Kier molecular flexibility index (Phi) is 7.25. The first-order valence-electron chi connectivity index (χ1n) is 10.9. The number of aryl methyl sites for hydroxylation is 2. The number of nitrogens with one attached hydrogen (secondary N) is 1. The molecule has 5 nitrogen and oxygen atoms in total. The summed E-state index contributed by atoms with van der Waals surface area (Å²) >= 11 is 12.2. The third-order valence-corrected chi connectivity index (χ3v) is 6.19. The van der Waals surface area contributed by atoms with Gasteiger partial charge in [0.2, 0.25) is 0 Å². The molecule has 0 fully saturated rings. The fourth-order valence-electron chi connectivity index (χ4n) is 3.80. The van der Waals surface area contributed by atoms with Crippen LogP contribution in [0, 0.1) is 13.8 Å². The summed E-state index contributed by atoms with van der Waals surface area (Å²) in [5, 5.41) is 8.96. The predicted octanol–water partition coefficient (Wildman–Crippen LogP) is 6.44. The maximum atomic E-state index is 13.2. The molecule has 0 aliphatic carbocycles. The molecule has 0 unspecified atom stereocenters. The number of carbonyl (C=O) groups excluding carboxylic acids is 1. The minimum atomic E-state index is -0.211. The number of ether oxygens (including phenoxy) is 1. The fourth-order valence-corrected chi connectivity index (χ4v) is 4.30. The molecule has 0 saturated carbocycles. The van der Waals surface area contributed by atoms with Crippen LogP contribution in [0.2, 0.25) is 10.0 Å². The number of hydrogen-bond acceptors (Lipinski definition) is 3. The lowest BCUT2D eigenvalue weighted by atomic mass is 10.1. The summed E-state index contributed by atoms with van der Waals surface area (Å²) in [6, 6.07) is 20.9. The van der Waals surface area contributed by atoms with Crippen LogP contribution in [-0.2, 0) is 6.42 Å². The summed E-state index contributed by atoms with van der Waals surface area (Å²) in [4.78, 5) is 13.2. The number of carbonyl (C=O) groups is 1. The number of aromatic nitrogens is 2. The molecule has 4 aromatic rings. The van der Waals surface area contributed by atoms with Crippen LogP contribution in [-0.4, -0.2) is 29.3 Å². The summed E-state index contributed by atoms with van der Waals surface area (Å²) in [6.45, 7) is 4.48. The van der Waals surface area contributed by atoms with Crippen molar-refractivity contribution in [1.29, 1.82) is 0 Å². The normalized spacial score (nSPS) is 10.9. The van der Waals surface area contributed by atoms with Crippen LogP contribution in [0.15, 0.2) is 66.7 Å². The summed E-state index contributed by atoms with van der Waals surface area (Å²) in [7, 11) is 1.63. The Morgan fingerprint density at radius 3 is 2.44 bits per heavy atom. The average Bonchev–Trinajstić information content (AvgIpc) is 3.26. The van der Waals surface area contributed by atoms with Gasteiger partial charge in [0.05, 0.1) is 18.5 Å². The lowest BCUT2D eigenvalue weighted by Gasteiger charge is -2.11. The van der Waals surface area contributed by atoms with Gasteiger partial charge in [0, 0.05) is 22.2 Å². The number of amides is 1. The van der Waals surface area contributed by atoms with E-state index in [2.05, 4.69) is 11.4 Å². The van der Waals surface area contributed by atoms with Gasteiger partial charge >= 0.3 is 0 Å². The number of benzene rings is 3. The molecule has 0 spiro atoms. The van der Waals surface area contributed by atoms with Crippen molar-refractivity contribution in [3.05, 3.63) is 99.2 Å². The van der Waals surface area contributed by atoms with Gasteiger partial charge in [-0.05, 0) is 79.9 Å². The predicted molar refractivity (Wildman–Crippen MR) is 138 cm³/mol. The van der Waals surface area contributed by atoms with Gasteiger partial charge in [-0.25, -0.2) is 4.68 Å². The van der Waals surface area contributed by atoms with Crippen LogP contribution >= 0.6 is 23.2 Å². The first-order chi connectivity index (χ1) is 16.4. The number of methoxy groups -OCH3 is 1. The highest BCUT2D eigenvalue weighted by Crippen LogP contribution is 2.26. The Labute approximate surface area is 209 Å². The van der Waals surface area contributed by atoms with Gasteiger partial charge in [0.25, 0.3) is 5.91 Å². The number of rotatable bonds is 7. The van der Waals surface area contributed by atoms with Crippen molar-refractivity contribution >= 4 is 29.1 Å². The van der Waals surface area contributed by atoms with Gasteiger partial charge in [0.15, 0.2) is 0 Å². The van der Waals surface area contributed by atoms with E-state index >= 15 is 0 Å². The Morgan fingerprint density at radius 2 is 1.76 bits per heavy atom. The second-order valence-corrected chi connectivity index (χ2v) is 8.93. The standard InChI is InChI=1S/C27H25Cl2N3O2/c1-17-4-11-25(18(2)14-17)32-26(16-24(31-32)20-6-9-22(34-3)10-7-20)27(33)30-13-12-19-5-8-21(28)15-23(19)29/h4-11,14-16H,12-13H2,1-3H3,(H,30,33). The zero-order chi connectivity index (χ0) is 24.2. The van der Waals surface area contributed by atoms with E-state index in [1.807, 2.05) is 62.4 Å². The van der Waals surface area contributed by atoms with E-state index in [1.165, 1.54) is 0 Å². The molecule has 1 amide bonds. The second kappa shape index (κ2) is 10.3. The van der Waals surface area contributed by atoms with E-state index in [0.717, 1.165) is 33.7 Å². The SMILES string of the molecule is COc1ccc(-c2cc(C(=O)NCCc3ccc(Cl)cc3Cl)n(-c3ccc(C)cc3C)n2)cc1. The molecular formula is C27H25Cl2N3O2. The third kappa shape index (κ3) is 5.27. The number of hydrogen-bond donors (Lipinski definition) is 1. The maximum Gasteiger partial charge on any atom is 0.270 e. The smallest absolute Gasteiger partial charge is 0.270 e. The van der Waals surface area contributed by atoms with Crippen molar-refractivity contribution in [2.45, 2.75) is 20.3 Å². The van der Waals surface area contributed by atoms with Gasteiger partial charge in [-0.15, -0.1) is 0 Å². The molecule has 0 atom stereocenters. The molecule has 3 aromatic carbocycles. The van der Waals surface area contributed by atoms with Crippen LogP contribution in [0.4, 0.5) is 0 Å². The Bertz CT molecular complexity index is 1330. The molecule has 1 heterocycles. The Hall–Kier alpha value is -3.28. The summed E-state index contributed by atoms with van der Waals surface area (Å²) < 4.78 is 6.96. The van der Waals surface area contributed by atoms with Crippen LogP contribution in [0.5, 0.6) is 5.75 Å². The van der Waals surface area contributed by atoms with Crippen molar-refractivity contribution in [1.82, 2.24) is 15.1 Å². The van der Waals surface area contributed by atoms with E-state index in [0.29, 0.717) is 34.4 Å². The van der Waals surface area contributed by atoms with Crippen molar-refractivity contribution < 1.29 is 9.53 Å². The second-order valence-electron chi connectivity index (χ2n) is 8.09. The molecule has 7 heteroatoms. The van der Waals surface area contributed by atoms with E-state index in [4.69, 9.17) is 33.0 Å². The van der Waals surface area contributed by atoms with Crippen LogP contribution in [0.25, 0.3) is 16.9 Å².